The van der Waals surface area contributed by atoms with Crippen molar-refractivity contribution in [2.24, 2.45) is 11.8 Å². The SMILES string of the molecule is CC(C)(C)OC(=O)N1CC[C@@H](CCC2CC2)[C@@H]1C(=O)O. The molecule has 1 N–H and O–H groups in total. The number of nitrogens with zero attached hydrogens (tertiary/aromatic N) is 1. The van der Waals surface area contributed by atoms with E-state index in [4.69, 9.17) is 4.74 Å². The lowest BCUT2D eigenvalue weighted by atomic mass is 9.94. The van der Waals surface area contributed by atoms with Gasteiger partial charge in [0.25, 0.3) is 0 Å². The molecule has 2 aliphatic rings. The van der Waals surface area contributed by atoms with E-state index in [1.54, 1.807) is 20.8 Å². The van der Waals surface area contributed by atoms with Gasteiger partial charge in [0.2, 0.25) is 0 Å². The molecule has 0 aromatic carbocycles. The second kappa shape index (κ2) is 5.62. The molecular weight excluding hydrogens is 258 g/mol. The highest BCUT2D eigenvalue weighted by atomic mass is 16.6. The van der Waals surface area contributed by atoms with Crippen LogP contribution in [0.15, 0.2) is 0 Å². The lowest BCUT2D eigenvalue weighted by Crippen LogP contribution is -2.45. The molecule has 2 atom stereocenters. The number of amides is 1. The molecule has 0 aromatic rings. The summed E-state index contributed by atoms with van der Waals surface area (Å²) in [5.41, 5.74) is -0.591. The lowest BCUT2D eigenvalue weighted by molar-refractivity contribution is -0.143. The van der Waals surface area contributed by atoms with E-state index in [9.17, 15) is 14.7 Å². The van der Waals surface area contributed by atoms with Crippen LogP contribution >= 0.6 is 0 Å². The minimum Gasteiger partial charge on any atom is -0.480 e. The van der Waals surface area contributed by atoms with Crippen LogP contribution in [0, 0.1) is 11.8 Å². The largest absolute Gasteiger partial charge is 0.480 e. The van der Waals surface area contributed by atoms with Gasteiger partial charge < -0.3 is 9.84 Å². The molecule has 1 heterocycles. The van der Waals surface area contributed by atoms with Crippen molar-refractivity contribution >= 4 is 12.1 Å². The van der Waals surface area contributed by atoms with Crippen LogP contribution in [0.25, 0.3) is 0 Å². The van der Waals surface area contributed by atoms with Crippen LogP contribution in [0.4, 0.5) is 4.79 Å². The molecule has 5 nitrogen and oxygen atoms in total. The highest BCUT2D eigenvalue weighted by Crippen LogP contribution is 2.38. The van der Waals surface area contributed by atoms with Crippen LogP contribution in [0.3, 0.4) is 0 Å². The van der Waals surface area contributed by atoms with Crippen molar-refractivity contribution in [2.75, 3.05) is 6.54 Å². The van der Waals surface area contributed by atoms with E-state index >= 15 is 0 Å². The zero-order valence-corrected chi connectivity index (χ0v) is 12.6. The number of aliphatic carboxylic acids is 1. The van der Waals surface area contributed by atoms with Gasteiger partial charge in [-0.3, -0.25) is 4.90 Å². The number of carboxylic acids is 1. The number of carbonyl (C=O) groups is 2. The fraction of sp³-hybridized carbons (Fsp3) is 0.867. The summed E-state index contributed by atoms with van der Waals surface area (Å²) in [7, 11) is 0. The van der Waals surface area contributed by atoms with Gasteiger partial charge in [-0.1, -0.05) is 19.3 Å². The molecule has 1 saturated carbocycles. The van der Waals surface area contributed by atoms with Crippen molar-refractivity contribution in [1.29, 1.82) is 0 Å². The summed E-state index contributed by atoms with van der Waals surface area (Å²) >= 11 is 0. The van der Waals surface area contributed by atoms with Crippen LogP contribution in [0.5, 0.6) is 0 Å². The summed E-state index contributed by atoms with van der Waals surface area (Å²) in [6.45, 7) is 5.87. The zero-order chi connectivity index (χ0) is 14.9. The minimum atomic E-state index is -0.908. The highest BCUT2D eigenvalue weighted by Gasteiger charge is 2.43. The van der Waals surface area contributed by atoms with Crippen molar-refractivity contribution in [3.05, 3.63) is 0 Å². The Morgan fingerprint density at radius 3 is 2.35 bits per heavy atom. The van der Waals surface area contributed by atoms with Gasteiger partial charge in [0.1, 0.15) is 11.6 Å². The smallest absolute Gasteiger partial charge is 0.411 e. The molecular formula is C15H25NO4. The third-order valence-corrected chi connectivity index (χ3v) is 4.05. The molecule has 2 fully saturated rings. The summed E-state index contributed by atoms with van der Waals surface area (Å²) in [6.07, 6.45) is 4.82. The molecule has 0 bridgehead atoms. The molecule has 0 aromatic heterocycles. The van der Waals surface area contributed by atoms with Gasteiger partial charge in [-0.2, -0.15) is 0 Å². The molecule has 1 saturated heterocycles. The molecule has 0 radical (unpaired) electrons. The third kappa shape index (κ3) is 3.87. The maximum atomic E-state index is 12.1. The van der Waals surface area contributed by atoms with Crippen LogP contribution < -0.4 is 0 Å². The second-order valence-electron chi connectivity index (χ2n) is 7.03. The van der Waals surface area contributed by atoms with Gasteiger partial charge in [0, 0.05) is 6.54 Å². The molecule has 0 unspecified atom stereocenters. The van der Waals surface area contributed by atoms with E-state index in [0.29, 0.717) is 6.54 Å². The van der Waals surface area contributed by atoms with E-state index < -0.39 is 23.7 Å². The van der Waals surface area contributed by atoms with Gasteiger partial charge in [-0.25, -0.2) is 9.59 Å². The summed E-state index contributed by atoms with van der Waals surface area (Å²) in [5, 5.41) is 9.43. The van der Waals surface area contributed by atoms with Gasteiger partial charge in [-0.05, 0) is 45.4 Å². The van der Waals surface area contributed by atoms with Crippen molar-refractivity contribution in [1.82, 2.24) is 4.90 Å². The van der Waals surface area contributed by atoms with Crippen molar-refractivity contribution in [2.45, 2.75) is 64.5 Å². The summed E-state index contributed by atoms with van der Waals surface area (Å²) in [6, 6.07) is -0.719. The first kappa shape index (κ1) is 15.1. The Bertz CT molecular complexity index is 384. The monoisotopic (exact) mass is 283 g/mol. The Morgan fingerprint density at radius 1 is 1.20 bits per heavy atom. The number of hydrogen-bond donors (Lipinski definition) is 1. The van der Waals surface area contributed by atoms with Gasteiger partial charge >= 0.3 is 12.1 Å². The Kier molecular flexibility index (Phi) is 4.25. The second-order valence-corrected chi connectivity index (χ2v) is 7.03. The van der Waals surface area contributed by atoms with Gasteiger partial charge in [0.05, 0.1) is 0 Å². The highest BCUT2D eigenvalue weighted by molar-refractivity contribution is 5.81. The third-order valence-electron chi connectivity index (χ3n) is 4.05. The Balaban J connectivity index is 1.97. The molecule has 1 aliphatic carbocycles. The number of rotatable bonds is 4. The first-order valence-electron chi connectivity index (χ1n) is 7.50. The predicted octanol–water partition coefficient (Wildman–Crippen LogP) is 2.89. The summed E-state index contributed by atoms with van der Waals surface area (Å²) < 4.78 is 5.31. The van der Waals surface area contributed by atoms with E-state index in [0.717, 1.165) is 25.2 Å². The average molecular weight is 283 g/mol. The van der Waals surface area contributed by atoms with Crippen LogP contribution in [0.2, 0.25) is 0 Å². The Labute approximate surface area is 120 Å². The minimum absolute atomic E-state index is 0.0700. The normalized spacial score (nSPS) is 26.6. The molecule has 2 rings (SSSR count). The summed E-state index contributed by atoms with van der Waals surface area (Å²) in [5.74, 6) is -0.0465. The molecule has 1 aliphatic heterocycles. The molecule has 114 valence electrons. The van der Waals surface area contributed by atoms with E-state index in [-0.39, 0.29) is 5.92 Å². The number of carbonyl (C=O) groups excluding carboxylic acids is 1. The number of carboxylic acid groups (broad SMARTS) is 1. The Hall–Kier alpha value is -1.26. The zero-order valence-electron chi connectivity index (χ0n) is 12.6. The maximum Gasteiger partial charge on any atom is 0.411 e. The first-order chi connectivity index (χ1) is 9.28. The van der Waals surface area contributed by atoms with E-state index in [2.05, 4.69) is 0 Å². The molecule has 0 spiro atoms. The van der Waals surface area contributed by atoms with Crippen molar-refractivity contribution in [3.63, 3.8) is 0 Å². The number of ether oxygens (including phenoxy) is 1. The van der Waals surface area contributed by atoms with E-state index in [1.165, 1.54) is 17.7 Å². The summed E-state index contributed by atoms with van der Waals surface area (Å²) in [4.78, 5) is 25.0. The fourth-order valence-electron chi connectivity index (χ4n) is 2.88. The quantitative estimate of drug-likeness (QED) is 0.861. The topological polar surface area (TPSA) is 66.8 Å². The van der Waals surface area contributed by atoms with Gasteiger partial charge in [-0.15, -0.1) is 0 Å². The van der Waals surface area contributed by atoms with Crippen LogP contribution in [0.1, 0.15) is 52.9 Å². The van der Waals surface area contributed by atoms with E-state index in [1.807, 2.05) is 0 Å². The number of hydrogen-bond acceptors (Lipinski definition) is 3. The van der Waals surface area contributed by atoms with Gasteiger partial charge in [0.15, 0.2) is 0 Å². The fourth-order valence-corrected chi connectivity index (χ4v) is 2.88. The van der Waals surface area contributed by atoms with Crippen molar-refractivity contribution in [3.8, 4) is 0 Å². The van der Waals surface area contributed by atoms with Crippen LogP contribution in [-0.2, 0) is 9.53 Å². The molecule has 1 amide bonds. The van der Waals surface area contributed by atoms with Crippen molar-refractivity contribution < 1.29 is 19.4 Å². The predicted molar refractivity (Wildman–Crippen MR) is 74.4 cm³/mol. The standard InChI is InChI=1S/C15H25NO4/c1-15(2,3)20-14(19)16-9-8-11(12(16)13(17)18)7-6-10-4-5-10/h10-12H,4-9H2,1-3H3,(H,17,18)/t11-,12-/m1/s1. The average Bonchev–Trinajstić information content (AvgIpc) is 3.01. The lowest BCUT2D eigenvalue weighted by Gasteiger charge is -2.28. The molecule has 5 heteroatoms. The maximum absolute atomic E-state index is 12.1. The molecule has 20 heavy (non-hydrogen) atoms. The first-order valence-corrected chi connectivity index (χ1v) is 7.50. The Morgan fingerprint density at radius 2 is 1.85 bits per heavy atom. The number of likely N-dealkylation sites (tertiary alicyclic amines) is 1. The van der Waals surface area contributed by atoms with Crippen LogP contribution in [-0.4, -0.2) is 40.3 Å².